The fraction of sp³-hybridized carbons (Fsp3) is 0.509. The lowest BCUT2D eigenvalue weighted by atomic mass is 9.72. The molecular formula is C57H83NO5P2. The van der Waals surface area contributed by atoms with E-state index in [9.17, 15) is 0 Å². The maximum absolute atomic E-state index is 7.58. The van der Waals surface area contributed by atoms with Crippen molar-refractivity contribution in [2.24, 2.45) is 17.8 Å². The first-order valence-corrected chi connectivity index (χ1v) is 26.4. The summed E-state index contributed by atoms with van der Waals surface area (Å²) in [6.07, 6.45) is 12.9. The first kappa shape index (κ1) is 53.8. The van der Waals surface area contributed by atoms with Crippen molar-refractivity contribution in [3.63, 3.8) is 0 Å². The molecule has 0 saturated heterocycles. The van der Waals surface area contributed by atoms with E-state index in [4.69, 9.17) is 22.6 Å². The predicted octanol–water partition coefficient (Wildman–Crippen LogP) is 18.3. The molecule has 6 nitrogen and oxygen atoms in total. The number of benzene rings is 3. The van der Waals surface area contributed by atoms with Crippen LogP contribution in [0.4, 0.5) is 0 Å². The molecule has 3 aromatic rings. The van der Waals surface area contributed by atoms with Gasteiger partial charge in [-0.1, -0.05) is 132 Å². The molecule has 4 rings (SSSR count). The summed E-state index contributed by atoms with van der Waals surface area (Å²) in [5, 5.41) is 3.86. The van der Waals surface area contributed by atoms with Crippen LogP contribution in [-0.4, -0.2) is 6.10 Å². The van der Waals surface area contributed by atoms with E-state index in [0.29, 0.717) is 5.92 Å². The second-order valence-corrected chi connectivity index (χ2v) is 21.7. The molecule has 65 heavy (non-hydrogen) atoms. The third-order valence-electron chi connectivity index (χ3n) is 12.6. The van der Waals surface area contributed by atoms with Crippen LogP contribution in [0.1, 0.15) is 172 Å². The topological polar surface area (TPSA) is 58.2 Å². The van der Waals surface area contributed by atoms with Crippen LogP contribution < -0.4 is 18.7 Å². The van der Waals surface area contributed by atoms with Crippen molar-refractivity contribution in [2.75, 3.05) is 0 Å². The van der Waals surface area contributed by atoms with E-state index in [0.717, 1.165) is 82.2 Å². The van der Waals surface area contributed by atoms with Crippen LogP contribution in [0.2, 0.25) is 0 Å². The minimum atomic E-state index is -2.00. The number of rotatable bonds is 22. The van der Waals surface area contributed by atoms with Gasteiger partial charge in [0, 0.05) is 11.3 Å². The van der Waals surface area contributed by atoms with E-state index in [1.807, 2.05) is 12.1 Å². The summed E-state index contributed by atoms with van der Waals surface area (Å²) >= 11 is 0. The Morgan fingerprint density at radius 3 is 1.86 bits per heavy atom. The third-order valence-corrected chi connectivity index (χ3v) is 14.9. The van der Waals surface area contributed by atoms with E-state index in [1.165, 1.54) is 39.0 Å². The van der Waals surface area contributed by atoms with Gasteiger partial charge in [-0.3, -0.25) is 0 Å². The number of hydrogen-bond donors (Lipinski definition) is 1. The molecule has 0 radical (unpaired) electrons. The van der Waals surface area contributed by atoms with Crippen LogP contribution in [0.3, 0.4) is 0 Å². The summed E-state index contributed by atoms with van der Waals surface area (Å²) in [4.78, 5) is 0. The van der Waals surface area contributed by atoms with Gasteiger partial charge in [-0.05, 0) is 177 Å². The first-order valence-electron chi connectivity index (χ1n) is 24.1. The van der Waals surface area contributed by atoms with Gasteiger partial charge in [-0.25, -0.2) is 0 Å². The molecule has 0 bridgehead atoms. The average molecular weight is 924 g/mol. The molecule has 0 aromatic heterocycles. The molecule has 0 amide bonds. The number of allylic oxidation sites excluding steroid dienone is 9. The standard InChI is InChI=1S/C57H83NO5P2/c1-20-22-38(9)24-27-46(17)59-64(58-51(41(12)21-2)28-23-35(3)4)62-56-49(36(5)6)33-42(13)47(18)54(56)55-48(19)43(14)34-50(37(7)8)57(55)63-65(60-52-29-25-39(10)31-44(52)15)61-53-30-26-40(11)32-45(53)16/h21-22,25-26,28-37,46-47,54,58H,20,23-24,27H2,1-19H3/b38-22-,41-21-,51-28+/t46?,47?,54-,64?/m0/s1. The van der Waals surface area contributed by atoms with Gasteiger partial charge in [0.25, 0.3) is 0 Å². The molecule has 0 heterocycles. The summed E-state index contributed by atoms with van der Waals surface area (Å²) < 4.78 is 35.8. The molecule has 0 aliphatic heterocycles. The Kier molecular flexibility index (Phi) is 20.5. The largest absolute Gasteiger partial charge is 0.530 e. The highest BCUT2D eigenvalue weighted by molar-refractivity contribution is 7.45. The lowest BCUT2D eigenvalue weighted by Crippen LogP contribution is -2.25. The zero-order valence-corrected chi connectivity index (χ0v) is 45.4. The minimum absolute atomic E-state index is 0.0496. The van der Waals surface area contributed by atoms with E-state index >= 15 is 0 Å². The first-order chi connectivity index (χ1) is 30.6. The Morgan fingerprint density at radius 2 is 1.35 bits per heavy atom. The molecule has 356 valence electrons. The van der Waals surface area contributed by atoms with Gasteiger partial charge in [0.1, 0.15) is 23.0 Å². The van der Waals surface area contributed by atoms with Crippen molar-refractivity contribution in [3.05, 3.63) is 145 Å². The fourth-order valence-electron chi connectivity index (χ4n) is 8.16. The molecule has 0 saturated carbocycles. The maximum atomic E-state index is 7.58. The molecule has 4 atom stereocenters. The zero-order chi connectivity index (χ0) is 48.3. The van der Waals surface area contributed by atoms with Gasteiger partial charge in [0.2, 0.25) is 0 Å². The quantitative estimate of drug-likeness (QED) is 0.0615. The van der Waals surface area contributed by atoms with Crippen molar-refractivity contribution >= 4 is 17.1 Å². The second kappa shape index (κ2) is 24.8. The lowest BCUT2D eigenvalue weighted by Gasteiger charge is -2.38. The van der Waals surface area contributed by atoms with Crippen molar-refractivity contribution in [3.8, 4) is 17.2 Å². The van der Waals surface area contributed by atoms with Gasteiger partial charge >= 0.3 is 17.1 Å². The Bertz CT molecular complexity index is 2190. The van der Waals surface area contributed by atoms with Crippen molar-refractivity contribution in [2.45, 2.75) is 175 Å². The van der Waals surface area contributed by atoms with Crippen LogP contribution in [0.5, 0.6) is 17.2 Å². The Morgan fingerprint density at radius 1 is 0.754 bits per heavy atom. The monoisotopic (exact) mass is 924 g/mol. The molecule has 0 fully saturated rings. The number of hydrogen-bond acceptors (Lipinski definition) is 6. The highest BCUT2D eigenvalue weighted by Crippen LogP contribution is 2.56. The molecule has 1 aliphatic rings. The van der Waals surface area contributed by atoms with Gasteiger partial charge in [-0.15, -0.1) is 0 Å². The van der Waals surface area contributed by atoms with Crippen LogP contribution in [0, 0.1) is 59.3 Å². The summed E-state index contributed by atoms with van der Waals surface area (Å²) in [5.41, 5.74) is 15.1. The smallest absolute Gasteiger partial charge is 0.435 e. The molecule has 1 aliphatic carbocycles. The van der Waals surface area contributed by atoms with E-state index in [1.54, 1.807) is 0 Å². The van der Waals surface area contributed by atoms with Crippen LogP contribution >= 0.6 is 17.1 Å². The molecule has 1 N–H and O–H groups in total. The van der Waals surface area contributed by atoms with Gasteiger partial charge in [-0.2, -0.15) is 0 Å². The van der Waals surface area contributed by atoms with Crippen molar-refractivity contribution in [1.82, 2.24) is 5.09 Å². The highest BCUT2D eigenvalue weighted by Gasteiger charge is 2.40. The summed E-state index contributed by atoms with van der Waals surface area (Å²) in [5.74, 6) is 3.89. The summed E-state index contributed by atoms with van der Waals surface area (Å²) in [6, 6.07) is 14.8. The summed E-state index contributed by atoms with van der Waals surface area (Å²) in [7, 11) is -3.67. The van der Waals surface area contributed by atoms with E-state index < -0.39 is 17.1 Å². The normalized spacial score (nSPS) is 17.3. The Labute approximate surface area is 398 Å². The Balaban J connectivity index is 1.99. The molecule has 8 heteroatoms. The SMILES string of the molecule is C/C=C(C)\C(=C/CC(C)C)NP(OC1=C(C(C)C)C=C(C)C(C)[C@H]1c1c(C)c(C)cc(C(C)C)c1OP(Oc1ccc(C)cc1C)Oc1ccc(C)cc1C)OC(C)CC/C(C)=C\CC. The molecule has 3 unspecified atom stereocenters. The number of aryl methyl sites for hydroxylation is 5. The maximum Gasteiger partial charge on any atom is 0.530 e. The van der Waals surface area contributed by atoms with Gasteiger partial charge in [0.05, 0.1) is 12.0 Å². The zero-order valence-electron chi connectivity index (χ0n) is 43.6. The highest BCUT2D eigenvalue weighted by atomic mass is 31.2. The predicted molar refractivity (Wildman–Crippen MR) is 280 cm³/mol. The van der Waals surface area contributed by atoms with Gasteiger partial charge in [0.15, 0.2) is 0 Å². The lowest BCUT2D eigenvalue weighted by molar-refractivity contribution is 0.191. The Hall–Kier alpha value is -3.82. The van der Waals surface area contributed by atoms with Crippen molar-refractivity contribution < 1.29 is 22.6 Å². The van der Waals surface area contributed by atoms with Gasteiger partial charge < -0.3 is 27.7 Å². The van der Waals surface area contributed by atoms with E-state index in [-0.39, 0.29) is 29.8 Å². The van der Waals surface area contributed by atoms with Crippen molar-refractivity contribution in [1.29, 1.82) is 0 Å². The third kappa shape index (κ3) is 14.8. The van der Waals surface area contributed by atoms with Crippen LogP contribution in [0.15, 0.2) is 101 Å². The second-order valence-electron chi connectivity index (χ2n) is 19.6. The average Bonchev–Trinajstić information content (AvgIpc) is 3.23. The minimum Gasteiger partial charge on any atom is -0.435 e. The van der Waals surface area contributed by atoms with E-state index in [2.05, 4.69) is 191 Å². The van der Waals surface area contributed by atoms with Crippen LogP contribution in [-0.2, 0) is 9.05 Å². The van der Waals surface area contributed by atoms with Crippen LogP contribution in [0.25, 0.3) is 0 Å². The fourth-order valence-corrected chi connectivity index (χ4v) is 10.8. The molecule has 0 spiro atoms. The summed E-state index contributed by atoms with van der Waals surface area (Å²) in [6.45, 7) is 41.8. The molecular weight excluding hydrogens is 841 g/mol. The molecule has 3 aromatic carbocycles. The number of nitrogens with one attached hydrogen (secondary N) is 1.